The largest absolute Gasteiger partial charge is 0.294 e. The summed E-state index contributed by atoms with van der Waals surface area (Å²) in [6.07, 6.45) is 11.4. The first-order chi connectivity index (χ1) is 14.2. The van der Waals surface area contributed by atoms with Crippen molar-refractivity contribution in [1.82, 2.24) is 0 Å². The molecule has 0 aromatic heterocycles. The molecule has 0 aliphatic carbocycles. The molecule has 0 radical (unpaired) electrons. The molecule has 2 aromatic carbocycles. The highest BCUT2D eigenvalue weighted by molar-refractivity contribution is 7.85. The van der Waals surface area contributed by atoms with Crippen molar-refractivity contribution in [3.63, 3.8) is 0 Å². The molecule has 168 valence electrons. The topological polar surface area (TPSA) is 54.4 Å². The van der Waals surface area contributed by atoms with Gasteiger partial charge in [-0.2, -0.15) is 8.42 Å². The Morgan fingerprint density at radius 3 is 1.93 bits per heavy atom. The molecule has 0 saturated heterocycles. The molecule has 0 amide bonds. The molecule has 0 bridgehead atoms. The fourth-order valence-corrected chi connectivity index (χ4v) is 4.65. The van der Waals surface area contributed by atoms with Crippen molar-refractivity contribution < 1.29 is 13.0 Å². The standard InChI is InChI=1S/C26H40O3S/c1-20(2)11-7-5-9-13-22-15-16-26-23(14-10-6-8-12-21(3)4)18-25(30(27,28)29)19-24(26)17-22/h15-21H,5-14H2,1-4H3,(H,27,28,29). The third-order valence-corrected chi connectivity index (χ3v) is 6.68. The van der Waals surface area contributed by atoms with E-state index in [-0.39, 0.29) is 4.90 Å². The number of aryl methyl sites for hydroxylation is 2. The van der Waals surface area contributed by atoms with E-state index in [4.69, 9.17) is 0 Å². The minimum Gasteiger partial charge on any atom is -0.282 e. The summed E-state index contributed by atoms with van der Waals surface area (Å²) in [5.41, 5.74) is 2.26. The number of hydrogen-bond donors (Lipinski definition) is 1. The van der Waals surface area contributed by atoms with Crippen molar-refractivity contribution in [3.8, 4) is 0 Å². The highest BCUT2D eigenvalue weighted by Crippen LogP contribution is 2.27. The fraction of sp³-hybridized carbons (Fsp3) is 0.615. The molecule has 2 aromatic rings. The predicted molar refractivity (Wildman–Crippen MR) is 128 cm³/mol. The van der Waals surface area contributed by atoms with Gasteiger partial charge in [-0.3, -0.25) is 4.55 Å². The van der Waals surface area contributed by atoms with Gasteiger partial charge in [-0.1, -0.05) is 84.4 Å². The maximum Gasteiger partial charge on any atom is 0.294 e. The van der Waals surface area contributed by atoms with Crippen molar-refractivity contribution in [2.75, 3.05) is 0 Å². The quantitative estimate of drug-likeness (QED) is 0.262. The molecule has 4 heteroatoms. The van der Waals surface area contributed by atoms with Crippen LogP contribution in [0.25, 0.3) is 10.8 Å². The Morgan fingerprint density at radius 2 is 1.37 bits per heavy atom. The lowest BCUT2D eigenvalue weighted by Crippen LogP contribution is -2.01. The zero-order valence-electron chi connectivity index (χ0n) is 19.3. The molecule has 0 saturated carbocycles. The van der Waals surface area contributed by atoms with Crippen LogP contribution in [-0.2, 0) is 23.0 Å². The molecule has 0 spiro atoms. The summed E-state index contributed by atoms with van der Waals surface area (Å²) >= 11 is 0. The first-order valence-corrected chi connectivity index (χ1v) is 13.1. The van der Waals surface area contributed by atoms with Gasteiger partial charge in [0.1, 0.15) is 0 Å². The van der Waals surface area contributed by atoms with Gasteiger partial charge in [0.2, 0.25) is 0 Å². The second-order valence-electron chi connectivity index (χ2n) is 9.60. The van der Waals surface area contributed by atoms with Crippen LogP contribution >= 0.6 is 0 Å². The molecule has 2 rings (SSSR count). The SMILES string of the molecule is CC(C)CCCCCc1ccc2c(CCCCCC(C)C)cc(S(=O)(=O)O)cc2c1. The Balaban J connectivity index is 2.13. The fourth-order valence-electron chi connectivity index (χ4n) is 4.08. The average Bonchev–Trinajstić information content (AvgIpc) is 2.65. The zero-order valence-corrected chi connectivity index (χ0v) is 20.1. The van der Waals surface area contributed by atoms with Crippen molar-refractivity contribution in [1.29, 1.82) is 0 Å². The highest BCUT2D eigenvalue weighted by Gasteiger charge is 2.14. The summed E-state index contributed by atoms with van der Waals surface area (Å²) < 4.78 is 33.3. The molecule has 0 unspecified atom stereocenters. The summed E-state index contributed by atoms with van der Waals surface area (Å²) in [7, 11) is -4.21. The third kappa shape index (κ3) is 8.39. The molecule has 0 aliphatic rings. The Kier molecular flexibility index (Phi) is 9.83. The Bertz CT molecular complexity index is 898. The van der Waals surface area contributed by atoms with Crippen LogP contribution in [0.2, 0.25) is 0 Å². The van der Waals surface area contributed by atoms with Gasteiger partial charge in [-0.05, 0) is 71.6 Å². The lowest BCUT2D eigenvalue weighted by Gasteiger charge is -2.12. The maximum atomic E-state index is 11.8. The normalized spacial score (nSPS) is 12.4. The van der Waals surface area contributed by atoms with Crippen molar-refractivity contribution in [2.24, 2.45) is 11.8 Å². The second kappa shape index (κ2) is 11.9. The Morgan fingerprint density at radius 1 is 0.767 bits per heavy atom. The van der Waals surface area contributed by atoms with Gasteiger partial charge in [0.25, 0.3) is 10.1 Å². The molecule has 0 heterocycles. The summed E-state index contributed by atoms with van der Waals surface area (Å²) in [5, 5.41) is 2.02. The second-order valence-corrected chi connectivity index (χ2v) is 11.0. The van der Waals surface area contributed by atoms with E-state index in [2.05, 4.69) is 45.9 Å². The van der Waals surface area contributed by atoms with Crippen LogP contribution in [0.5, 0.6) is 0 Å². The van der Waals surface area contributed by atoms with Gasteiger partial charge in [0.15, 0.2) is 0 Å². The van der Waals surface area contributed by atoms with E-state index >= 15 is 0 Å². The molecule has 3 nitrogen and oxygen atoms in total. The number of benzene rings is 2. The van der Waals surface area contributed by atoms with Crippen LogP contribution in [0.4, 0.5) is 0 Å². The molecule has 0 aliphatic heterocycles. The van der Waals surface area contributed by atoms with Crippen LogP contribution in [0.15, 0.2) is 35.2 Å². The lowest BCUT2D eigenvalue weighted by atomic mass is 9.95. The van der Waals surface area contributed by atoms with Crippen LogP contribution in [0.1, 0.15) is 90.2 Å². The van der Waals surface area contributed by atoms with E-state index < -0.39 is 10.1 Å². The Labute approximate surface area is 184 Å². The molecular formula is C26H40O3S. The van der Waals surface area contributed by atoms with Crippen molar-refractivity contribution >= 4 is 20.9 Å². The van der Waals surface area contributed by atoms with E-state index in [0.717, 1.165) is 60.3 Å². The molecular weight excluding hydrogens is 392 g/mol. The van der Waals surface area contributed by atoms with Gasteiger partial charge in [-0.25, -0.2) is 0 Å². The minimum absolute atomic E-state index is 0.0151. The van der Waals surface area contributed by atoms with Crippen LogP contribution < -0.4 is 0 Å². The smallest absolute Gasteiger partial charge is 0.282 e. The third-order valence-electron chi connectivity index (χ3n) is 5.85. The first kappa shape index (κ1) is 24.9. The van der Waals surface area contributed by atoms with E-state index in [0.29, 0.717) is 0 Å². The summed E-state index contributed by atoms with van der Waals surface area (Å²) in [5.74, 6) is 1.48. The minimum atomic E-state index is -4.21. The predicted octanol–water partition coefficient (Wildman–Crippen LogP) is 7.60. The van der Waals surface area contributed by atoms with Crippen LogP contribution in [-0.4, -0.2) is 13.0 Å². The number of rotatable bonds is 13. The van der Waals surface area contributed by atoms with Gasteiger partial charge in [-0.15, -0.1) is 0 Å². The van der Waals surface area contributed by atoms with Crippen molar-refractivity contribution in [3.05, 3.63) is 41.5 Å². The molecule has 1 N–H and O–H groups in total. The number of hydrogen-bond acceptors (Lipinski definition) is 2. The maximum absolute atomic E-state index is 11.8. The summed E-state index contributed by atoms with van der Waals surface area (Å²) in [4.78, 5) is 0.0151. The Hall–Kier alpha value is -1.39. The van der Waals surface area contributed by atoms with E-state index in [9.17, 15) is 13.0 Å². The van der Waals surface area contributed by atoms with Gasteiger partial charge in [0, 0.05) is 0 Å². The van der Waals surface area contributed by atoms with Gasteiger partial charge < -0.3 is 0 Å². The van der Waals surface area contributed by atoms with Crippen LogP contribution in [0.3, 0.4) is 0 Å². The summed E-state index contributed by atoms with van der Waals surface area (Å²) in [6.45, 7) is 9.01. The molecule has 0 fully saturated rings. The molecule has 0 atom stereocenters. The first-order valence-electron chi connectivity index (χ1n) is 11.7. The van der Waals surface area contributed by atoms with Gasteiger partial charge >= 0.3 is 0 Å². The zero-order chi connectivity index (χ0) is 22.1. The van der Waals surface area contributed by atoms with E-state index in [1.807, 2.05) is 0 Å². The molecule has 30 heavy (non-hydrogen) atoms. The summed E-state index contributed by atoms with van der Waals surface area (Å²) in [6, 6.07) is 9.70. The van der Waals surface area contributed by atoms with E-state index in [1.54, 1.807) is 12.1 Å². The van der Waals surface area contributed by atoms with Crippen LogP contribution in [0, 0.1) is 11.8 Å². The highest BCUT2D eigenvalue weighted by atomic mass is 32.2. The monoisotopic (exact) mass is 432 g/mol. The van der Waals surface area contributed by atoms with E-state index in [1.165, 1.54) is 37.7 Å². The lowest BCUT2D eigenvalue weighted by molar-refractivity contribution is 0.483. The van der Waals surface area contributed by atoms with Crippen molar-refractivity contribution in [2.45, 2.75) is 96.8 Å². The average molecular weight is 433 g/mol. The number of unbranched alkanes of at least 4 members (excludes halogenated alkanes) is 4. The van der Waals surface area contributed by atoms with Gasteiger partial charge in [0.05, 0.1) is 4.90 Å². The number of fused-ring (bicyclic) bond motifs is 1.